The number of nitrogens with zero attached hydrogens (tertiary/aromatic N) is 2. The second kappa shape index (κ2) is 9.00. The van der Waals surface area contributed by atoms with Crippen molar-refractivity contribution in [3.8, 4) is 0 Å². The highest BCUT2D eigenvalue weighted by molar-refractivity contribution is 5.82. The molecule has 134 valence electrons. The maximum atomic E-state index is 10.6. The van der Waals surface area contributed by atoms with Crippen LogP contribution in [0.4, 0.5) is 16.3 Å². The predicted octanol–water partition coefficient (Wildman–Crippen LogP) is 2.62. The summed E-state index contributed by atoms with van der Waals surface area (Å²) in [5.74, 6) is 0.722. The van der Waals surface area contributed by atoms with Crippen LogP contribution in [-0.2, 0) is 0 Å². The average molecular weight is 344 g/mol. The molecule has 2 aromatic rings. The van der Waals surface area contributed by atoms with E-state index in [1.54, 1.807) is 36.5 Å². The summed E-state index contributed by atoms with van der Waals surface area (Å²) in [6.45, 7) is 1.80. The summed E-state index contributed by atoms with van der Waals surface area (Å²) in [5.41, 5.74) is 1.87. The molecule has 2 rings (SSSR count). The molecular weight excluding hydrogens is 320 g/mol. The highest BCUT2D eigenvalue weighted by Crippen LogP contribution is 2.24. The summed E-state index contributed by atoms with van der Waals surface area (Å²) in [5, 5.41) is 24.8. The summed E-state index contributed by atoms with van der Waals surface area (Å²) >= 11 is 0. The molecule has 25 heavy (non-hydrogen) atoms. The summed E-state index contributed by atoms with van der Waals surface area (Å²) in [6, 6.07) is 10.2. The van der Waals surface area contributed by atoms with Gasteiger partial charge in [-0.2, -0.15) is 0 Å². The largest absolute Gasteiger partial charge is 0.465 e. The molecule has 4 N–H and O–H groups in total. The lowest BCUT2D eigenvalue weighted by atomic mass is 10.0. The summed E-state index contributed by atoms with van der Waals surface area (Å²) in [4.78, 5) is 17.0. The molecule has 0 aliphatic carbocycles. The molecule has 0 radical (unpaired) electrons. The van der Waals surface area contributed by atoms with Crippen LogP contribution in [0.2, 0.25) is 0 Å². The van der Waals surface area contributed by atoms with E-state index in [2.05, 4.69) is 20.5 Å². The Bertz CT molecular complexity index is 689. The van der Waals surface area contributed by atoms with E-state index >= 15 is 0 Å². The minimum Gasteiger partial charge on any atom is -0.465 e. The molecule has 0 aliphatic heterocycles. The molecule has 1 heterocycles. The number of benzene rings is 1. The molecule has 1 aromatic carbocycles. The Kier molecular flexibility index (Phi) is 6.73. The van der Waals surface area contributed by atoms with Gasteiger partial charge in [-0.25, -0.2) is 9.78 Å². The summed E-state index contributed by atoms with van der Waals surface area (Å²) in [7, 11) is 4.07. The van der Waals surface area contributed by atoms with Crippen LogP contribution in [0.1, 0.15) is 23.7 Å². The zero-order chi connectivity index (χ0) is 18.2. The third kappa shape index (κ3) is 6.06. The van der Waals surface area contributed by atoms with Gasteiger partial charge in [0.2, 0.25) is 0 Å². The van der Waals surface area contributed by atoms with Gasteiger partial charge in [-0.3, -0.25) is 5.32 Å². The van der Waals surface area contributed by atoms with Crippen molar-refractivity contribution in [3.63, 3.8) is 0 Å². The van der Waals surface area contributed by atoms with Crippen LogP contribution < -0.4 is 10.6 Å². The molecule has 1 amide bonds. The van der Waals surface area contributed by atoms with E-state index in [0.29, 0.717) is 11.3 Å². The summed E-state index contributed by atoms with van der Waals surface area (Å²) in [6.07, 6.45) is 0.740. The molecule has 0 aliphatic rings. The van der Waals surface area contributed by atoms with E-state index in [-0.39, 0.29) is 0 Å². The standard InChI is InChI=1S/C18H24N4O3/c1-22(2)11-3-9-19-16-12-14(8-10-20-16)17(23)13-4-6-15(7-5-13)21-18(24)25/h4-8,10,12,17,21,23H,3,9,11H2,1-2H3,(H,19,20)(H,24,25). The van der Waals surface area contributed by atoms with Gasteiger partial charge in [0.15, 0.2) is 0 Å². The lowest BCUT2D eigenvalue weighted by Crippen LogP contribution is -2.16. The van der Waals surface area contributed by atoms with Crippen molar-refractivity contribution in [2.24, 2.45) is 0 Å². The second-order valence-electron chi connectivity index (χ2n) is 6.01. The molecule has 7 heteroatoms. The van der Waals surface area contributed by atoms with Crippen LogP contribution in [0.3, 0.4) is 0 Å². The predicted molar refractivity (Wildman–Crippen MR) is 98.0 cm³/mol. The van der Waals surface area contributed by atoms with Crippen molar-refractivity contribution < 1.29 is 15.0 Å². The number of anilines is 2. The zero-order valence-electron chi connectivity index (χ0n) is 14.4. The molecule has 1 atom stereocenters. The fourth-order valence-electron chi connectivity index (χ4n) is 2.39. The molecule has 1 unspecified atom stereocenters. The molecule has 0 spiro atoms. The maximum Gasteiger partial charge on any atom is 0.409 e. The minimum absolute atomic E-state index is 0.460. The van der Waals surface area contributed by atoms with Gasteiger partial charge in [0.05, 0.1) is 0 Å². The molecule has 0 saturated heterocycles. The third-order valence-corrected chi connectivity index (χ3v) is 3.67. The van der Waals surface area contributed by atoms with Gasteiger partial charge in [0.1, 0.15) is 11.9 Å². The van der Waals surface area contributed by atoms with Gasteiger partial charge in [0, 0.05) is 18.4 Å². The fraction of sp³-hybridized carbons (Fsp3) is 0.333. The number of aliphatic hydroxyl groups excluding tert-OH is 1. The first-order valence-electron chi connectivity index (χ1n) is 8.08. The quantitative estimate of drug-likeness (QED) is 0.550. The number of aromatic nitrogens is 1. The van der Waals surface area contributed by atoms with Crippen LogP contribution in [0.25, 0.3) is 0 Å². The number of aliphatic hydroxyl groups is 1. The highest BCUT2D eigenvalue weighted by atomic mass is 16.4. The zero-order valence-corrected chi connectivity index (χ0v) is 14.4. The SMILES string of the molecule is CN(C)CCCNc1cc(C(O)c2ccc(NC(=O)O)cc2)ccn1. The Labute approximate surface area is 147 Å². The van der Waals surface area contributed by atoms with Crippen molar-refractivity contribution in [3.05, 3.63) is 53.7 Å². The lowest BCUT2D eigenvalue weighted by molar-refractivity contribution is 0.210. The number of carbonyl (C=O) groups is 1. The first-order valence-corrected chi connectivity index (χ1v) is 8.08. The van der Waals surface area contributed by atoms with Crippen molar-refractivity contribution in [1.82, 2.24) is 9.88 Å². The Hall–Kier alpha value is -2.64. The Morgan fingerprint density at radius 3 is 2.56 bits per heavy atom. The number of hydrogen-bond donors (Lipinski definition) is 4. The number of nitrogens with one attached hydrogen (secondary N) is 2. The van der Waals surface area contributed by atoms with Gasteiger partial charge < -0.3 is 20.4 Å². The lowest BCUT2D eigenvalue weighted by Gasteiger charge is -2.14. The van der Waals surface area contributed by atoms with E-state index in [4.69, 9.17) is 5.11 Å². The third-order valence-electron chi connectivity index (χ3n) is 3.67. The fourth-order valence-corrected chi connectivity index (χ4v) is 2.39. The Balaban J connectivity index is 2.00. The number of carboxylic acid groups (broad SMARTS) is 1. The van der Waals surface area contributed by atoms with Crippen LogP contribution >= 0.6 is 0 Å². The Morgan fingerprint density at radius 1 is 1.20 bits per heavy atom. The second-order valence-corrected chi connectivity index (χ2v) is 6.01. The van der Waals surface area contributed by atoms with Gasteiger partial charge >= 0.3 is 6.09 Å². The van der Waals surface area contributed by atoms with Gasteiger partial charge in [-0.05, 0) is 62.5 Å². The van der Waals surface area contributed by atoms with Gasteiger partial charge in [-0.1, -0.05) is 12.1 Å². The first kappa shape index (κ1) is 18.7. The molecule has 0 saturated carbocycles. The van der Waals surface area contributed by atoms with Crippen LogP contribution in [0, 0.1) is 0 Å². The van der Waals surface area contributed by atoms with E-state index in [1.165, 1.54) is 0 Å². The van der Waals surface area contributed by atoms with E-state index in [1.807, 2.05) is 20.2 Å². The average Bonchev–Trinajstić information content (AvgIpc) is 2.58. The van der Waals surface area contributed by atoms with Crippen molar-refractivity contribution in [2.75, 3.05) is 37.8 Å². The monoisotopic (exact) mass is 344 g/mol. The number of pyridine rings is 1. The highest BCUT2D eigenvalue weighted by Gasteiger charge is 2.11. The Morgan fingerprint density at radius 2 is 1.92 bits per heavy atom. The van der Waals surface area contributed by atoms with Crippen molar-refractivity contribution >= 4 is 17.6 Å². The molecular formula is C18H24N4O3. The minimum atomic E-state index is -1.12. The van der Waals surface area contributed by atoms with E-state index in [0.717, 1.165) is 30.9 Å². The van der Waals surface area contributed by atoms with Crippen molar-refractivity contribution in [1.29, 1.82) is 0 Å². The number of amides is 1. The number of hydrogen-bond acceptors (Lipinski definition) is 5. The van der Waals surface area contributed by atoms with Crippen LogP contribution in [0.5, 0.6) is 0 Å². The smallest absolute Gasteiger partial charge is 0.409 e. The normalized spacial score (nSPS) is 12.0. The van der Waals surface area contributed by atoms with Gasteiger partial charge in [0.25, 0.3) is 0 Å². The molecule has 1 aromatic heterocycles. The molecule has 0 bridgehead atoms. The van der Waals surface area contributed by atoms with Crippen LogP contribution in [0.15, 0.2) is 42.6 Å². The summed E-state index contributed by atoms with van der Waals surface area (Å²) < 4.78 is 0. The van der Waals surface area contributed by atoms with E-state index in [9.17, 15) is 9.90 Å². The topological polar surface area (TPSA) is 97.7 Å². The molecule has 0 fully saturated rings. The number of rotatable bonds is 8. The molecule has 7 nitrogen and oxygen atoms in total. The maximum absolute atomic E-state index is 10.6. The van der Waals surface area contributed by atoms with Crippen LogP contribution in [-0.4, -0.2) is 53.4 Å². The first-order chi connectivity index (χ1) is 12.0. The van der Waals surface area contributed by atoms with E-state index < -0.39 is 12.2 Å². The van der Waals surface area contributed by atoms with Gasteiger partial charge in [-0.15, -0.1) is 0 Å². The van der Waals surface area contributed by atoms with Crippen molar-refractivity contribution in [2.45, 2.75) is 12.5 Å².